The predicted octanol–water partition coefficient (Wildman–Crippen LogP) is 4.51. The predicted molar refractivity (Wildman–Crippen MR) is 79.0 cm³/mol. The number of carbonyl (C=O) groups is 1. The standard InChI is InChI=1S/C12H7Br2ClN2O/c13-7-1-3-9(10(15)5-7)12(18)17-11-4-2-8(14)6-16-11/h1-6H,(H,16,17,18). The molecule has 0 spiro atoms. The van der Waals surface area contributed by atoms with Crippen molar-refractivity contribution >= 4 is 55.2 Å². The van der Waals surface area contributed by atoms with E-state index in [1.54, 1.807) is 36.5 Å². The van der Waals surface area contributed by atoms with Crippen molar-refractivity contribution in [2.24, 2.45) is 0 Å². The molecule has 1 N–H and O–H groups in total. The molecule has 1 amide bonds. The van der Waals surface area contributed by atoms with Gasteiger partial charge in [0.25, 0.3) is 5.91 Å². The van der Waals surface area contributed by atoms with Gasteiger partial charge in [0.2, 0.25) is 0 Å². The van der Waals surface area contributed by atoms with Gasteiger partial charge in [-0.15, -0.1) is 0 Å². The lowest BCUT2D eigenvalue weighted by Crippen LogP contribution is -2.13. The summed E-state index contributed by atoms with van der Waals surface area (Å²) in [6.45, 7) is 0. The third-order valence-corrected chi connectivity index (χ3v) is 3.42. The summed E-state index contributed by atoms with van der Waals surface area (Å²) in [5.41, 5.74) is 0.407. The molecule has 1 aromatic carbocycles. The molecule has 0 aliphatic carbocycles. The average Bonchev–Trinajstić information content (AvgIpc) is 2.32. The summed E-state index contributed by atoms with van der Waals surface area (Å²) in [6.07, 6.45) is 1.61. The van der Waals surface area contributed by atoms with Gasteiger partial charge in [-0.2, -0.15) is 0 Å². The molecule has 6 heteroatoms. The van der Waals surface area contributed by atoms with Gasteiger partial charge in [0.15, 0.2) is 0 Å². The van der Waals surface area contributed by atoms with Gasteiger partial charge in [0, 0.05) is 15.1 Å². The molecule has 0 unspecified atom stereocenters. The molecule has 0 aliphatic rings. The Bertz CT molecular complexity index is 587. The number of nitrogens with one attached hydrogen (secondary N) is 1. The first-order chi connectivity index (χ1) is 8.56. The van der Waals surface area contributed by atoms with Crippen molar-refractivity contribution in [3.63, 3.8) is 0 Å². The van der Waals surface area contributed by atoms with Crippen LogP contribution in [0.2, 0.25) is 5.02 Å². The van der Waals surface area contributed by atoms with Crippen molar-refractivity contribution < 1.29 is 4.79 Å². The number of hydrogen-bond donors (Lipinski definition) is 1. The zero-order valence-electron chi connectivity index (χ0n) is 8.95. The summed E-state index contributed by atoms with van der Waals surface area (Å²) < 4.78 is 1.67. The number of nitrogens with zero attached hydrogens (tertiary/aromatic N) is 1. The normalized spacial score (nSPS) is 10.2. The van der Waals surface area contributed by atoms with Crippen molar-refractivity contribution in [2.75, 3.05) is 5.32 Å². The number of pyridine rings is 1. The molecule has 2 aromatic rings. The van der Waals surface area contributed by atoms with Gasteiger partial charge < -0.3 is 5.32 Å². The first kappa shape index (κ1) is 13.5. The topological polar surface area (TPSA) is 42.0 Å². The quantitative estimate of drug-likeness (QED) is 0.820. The van der Waals surface area contributed by atoms with Gasteiger partial charge in [-0.3, -0.25) is 4.79 Å². The summed E-state index contributed by atoms with van der Waals surface area (Å²) in [7, 11) is 0. The maximum atomic E-state index is 12.0. The van der Waals surface area contributed by atoms with Gasteiger partial charge in [-0.05, 0) is 46.3 Å². The number of aromatic nitrogens is 1. The molecule has 2 rings (SSSR count). The minimum absolute atomic E-state index is 0.290. The molecular formula is C12H7Br2ClN2O. The molecule has 0 saturated carbocycles. The highest BCUT2D eigenvalue weighted by Crippen LogP contribution is 2.22. The Morgan fingerprint density at radius 1 is 1.17 bits per heavy atom. The van der Waals surface area contributed by atoms with Crippen LogP contribution in [-0.4, -0.2) is 10.9 Å². The van der Waals surface area contributed by atoms with Gasteiger partial charge in [0.05, 0.1) is 10.6 Å². The fourth-order valence-electron chi connectivity index (χ4n) is 1.31. The van der Waals surface area contributed by atoms with Gasteiger partial charge in [0.1, 0.15) is 5.82 Å². The summed E-state index contributed by atoms with van der Waals surface area (Å²) in [5.74, 6) is 0.185. The third-order valence-electron chi connectivity index (χ3n) is 2.14. The number of rotatable bonds is 2. The van der Waals surface area contributed by atoms with E-state index in [1.165, 1.54) is 0 Å². The van der Waals surface area contributed by atoms with E-state index < -0.39 is 0 Å². The van der Waals surface area contributed by atoms with E-state index in [9.17, 15) is 4.79 Å². The molecule has 18 heavy (non-hydrogen) atoms. The van der Waals surface area contributed by atoms with E-state index in [1.807, 2.05) is 0 Å². The van der Waals surface area contributed by atoms with Crippen molar-refractivity contribution in [3.05, 3.63) is 56.1 Å². The summed E-state index contributed by atoms with van der Waals surface area (Å²) in [6, 6.07) is 8.59. The molecule has 0 saturated heterocycles. The summed E-state index contributed by atoms with van der Waals surface area (Å²) in [5, 5.41) is 3.06. The maximum absolute atomic E-state index is 12.0. The van der Waals surface area contributed by atoms with Crippen molar-refractivity contribution in [1.82, 2.24) is 4.98 Å². The van der Waals surface area contributed by atoms with Crippen LogP contribution in [0.3, 0.4) is 0 Å². The largest absolute Gasteiger partial charge is 0.307 e. The second kappa shape index (κ2) is 5.82. The van der Waals surface area contributed by atoms with Crippen LogP contribution < -0.4 is 5.32 Å². The van der Waals surface area contributed by atoms with Crippen LogP contribution in [-0.2, 0) is 0 Å². The molecule has 0 fully saturated rings. The Morgan fingerprint density at radius 2 is 1.89 bits per heavy atom. The third kappa shape index (κ3) is 3.31. The van der Waals surface area contributed by atoms with Crippen LogP contribution in [0.1, 0.15) is 10.4 Å². The lowest BCUT2D eigenvalue weighted by Gasteiger charge is -2.06. The van der Waals surface area contributed by atoms with Crippen LogP contribution in [0.15, 0.2) is 45.5 Å². The molecule has 0 bridgehead atoms. The lowest BCUT2D eigenvalue weighted by atomic mass is 10.2. The van der Waals surface area contributed by atoms with Crippen LogP contribution in [0, 0.1) is 0 Å². The lowest BCUT2D eigenvalue weighted by molar-refractivity contribution is 0.102. The molecule has 0 aliphatic heterocycles. The number of amides is 1. The van der Waals surface area contributed by atoms with Gasteiger partial charge >= 0.3 is 0 Å². The monoisotopic (exact) mass is 388 g/mol. The molecule has 0 radical (unpaired) electrons. The van der Waals surface area contributed by atoms with Crippen LogP contribution in [0.25, 0.3) is 0 Å². The first-order valence-electron chi connectivity index (χ1n) is 4.94. The highest BCUT2D eigenvalue weighted by Gasteiger charge is 2.11. The number of hydrogen-bond acceptors (Lipinski definition) is 2. The van der Waals surface area contributed by atoms with Crippen LogP contribution >= 0.6 is 43.5 Å². The van der Waals surface area contributed by atoms with Crippen LogP contribution in [0.5, 0.6) is 0 Å². The van der Waals surface area contributed by atoms with Gasteiger partial charge in [-0.1, -0.05) is 27.5 Å². The number of anilines is 1. The number of benzene rings is 1. The fourth-order valence-corrected chi connectivity index (χ4v) is 2.30. The van der Waals surface area contributed by atoms with E-state index in [0.717, 1.165) is 8.95 Å². The Labute approximate surface area is 126 Å². The van der Waals surface area contributed by atoms with E-state index in [4.69, 9.17) is 11.6 Å². The number of carbonyl (C=O) groups excluding carboxylic acids is 1. The van der Waals surface area contributed by atoms with Crippen LogP contribution in [0.4, 0.5) is 5.82 Å². The van der Waals surface area contributed by atoms with Gasteiger partial charge in [-0.25, -0.2) is 4.98 Å². The van der Waals surface area contributed by atoms with Crippen molar-refractivity contribution in [3.8, 4) is 0 Å². The van der Waals surface area contributed by atoms with E-state index >= 15 is 0 Å². The molecule has 0 atom stereocenters. The fraction of sp³-hybridized carbons (Fsp3) is 0. The van der Waals surface area contributed by atoms with E-state index in [-0.39, 0.29) is 5.91 Å². The molecular weight excluding hydrogens is 383 g/mol. The second-order valence-corrected chi connectivity index (χ2v) is 5.68. The summed E-state index contributed by atoms with van der Waals surface area (Å²) in [4.78, 5) is 16.0. The smallest absolute Gasteiger partial charge is 0.258 e. The maximum Gasteiger partial charge on any atom is 0.258 e. The SMILES string of the molecule is O=C(Nc1ccc(Br)cn1)c1ccc(Br)cc1Cl. The Kier molecular flexibility index (Phi) is 4.37. The minimum Gasteiger partial charge on any atom is -0.307 e. The second-order valence-electron chi connectivity index (χ2n) is 3.44. The zero-order valence-corrected chi connectivity index (χ0v) is 12.9. The Morgan fingerprint density at radius 3 is 2.50 bits per heavy atom. The first-order valence-corrected chi connectivity index (χ1v) is 6.90. The average molecular weight is 390 g/mol. The Balaban J connectivity index is 2.19. The molecule has 3 nitrogen and oxygen atoms in total. The highest BCUT2D eigenvalue weighted by atomic mass is 79.9. The van der Waals surface area contributed by atoms with Crippen molar-refractivity contribution in [2.45, 2.75) is 0 Å². The minimum atomic E-state index is -0.290. The molecule has 92 valence electrons. The zero-order chi connectivity index (χ0) is 13.1. The molecule has 1 heterocycles. The van der Waals surface area contributed by atoms with E-state index in [0.29, 0.717) is 16.4 Å². The van der Waals surface area contributed by atoms with E-state index in [2.05, 4.69) is 42.2 Å². The van der Waals surface area contributed by atoms with Crippen molar-refractivity contribution in [1.29, 1.82) is 0 Å². The highest BCUT2D eigenvalue weighted by molar-refractivity contribution is 9.10. The number of halogens is 3. The molecule has 1 aromatic heterocycles. The Hall–Kier alpha value is -0.910. The summed E-state index contributed by atoms with van der Waals surface area (Å²) >= 11 is 12.6.